The molecule has 94 valence electrons. The lowest BCUT2D eigenvalue weighted by molar-refractivity contribution is 0.218. The topological polar surface area (TPSA) is 83.0 Å². The van der Waals surface area contributed by atoms with Gasteiger partial charge in [-0.3, -0.25) is 0 Å². The van der Waals surface area contributed by atoms with Crippen LogP contribution in [0.15, 0.2) is 0 Å². The van der Waals surface area contributed by atoms with E-state index < -0.39 is 0 Å². The average Bonchev–Trinajstić information content (AvgIpc) is 2.28. The molecule has 0 aliphatic carbocycles. The van der Waals surface area contributed by atoms with Gasteiger partial charge in [0.05, 0.1) is 0 Å². The molecule has 0 aliphatic heterocycles. The lowest BCUT2D eigenvalue weighted by Gasteiger charge is -2.12. The molecular formula is C8H12Cl2N6O. The zero-order chi connectivity index (χ0) is 12.8. The highest BCUT2D eigenvalue weighted by Crippen LogP contribution is 2.15. The Hall–Kier alpha value is -1.34. The van der Waals surface area contributed by atoms with E-state index in [9.17, 15) is 4.79 Å². The van der Waals surface area contributed by atoms with E-state index in [1.165, 1.54) is 4.90 Å². The molecule has 1 heterocycles. The van der Waals surface area contributed by atoms with Gasteiger partial charge in [0.15, 0.2) is 11.0 Å². The maximum atomic E-state index is 11.2. The zero-order valence-electron chi connectivity index (χ0n) is 9.37. The van der Waals surface area contributed by atoms with Gasteiger partial charge in [-0.05, 0) is 11.6 Å². The molecule has 1 aromatic rings. The second-order valence-corrected chi connectivity index (χ2v) is 3.97. The highest BCUT2D eigenvalue weighted by atomic mass is 35.5. The molecule has 7 nitrogen and oxygen atoms in total. The van der Waals surface area contributed by atoms with Crippen molar-refractivity contribution in [3.63, 3.8) is 0 Å². The number of carbonyl (C=O) groups is 1. The van der Waals surface area contributed by atoms with Crippen molar-refractivity contribution >= 4 is 35.1 Å². The molecule has 0 saturated heterocycles. The summed E-state index contributed by atoms with van der Waals surface area (Å²) in [4.78, 5) is 16.5. The molecule has 0 fully saturated rings. The Morgan fingerprint density at radius 2 is 2.00 bits per heavy atom. The summed E-state index contributed by atoms with van der Waals surface area (Å²) >= 11 is 11.3. The lowest BCUT2D eigenvalue weighted by atomic mass is 10.5. The van der Waals surface area contributed by atoms with Gasteiger partial charge < -0.3 is 15.5 Å². The molecule has 0 aromatic carbocycles. The summed E-state index contributed by atoms with van der Waals surface area (Å²) in [5.74, 6) is 0.339. The zero-order valence-corrected chi connectivity index (χ0v) is 10.9. The number of urea groups is 1. The minimum Gasteiger partial charge on any atom is -0.366 e. The van der Waals surface area contributed by atoms with E-state index in [4.69, 9.17) is 23.2 Å². The maximum Gasteiger partial charge on any atom is 0.316 e. The maximum absolute atomic E-state index is 11.2. The second kappa shape index (κ2) is 6.41. The predicted molar refractivity (Wildman–Crippen MR) is 65.4 cm³/mol. The summed E-state index contributed by atoms with van der Waals surface area (Å²) in [7, 11) is 3.32. The largest absolute Gasteiger partial charge is 0.366 e. The van der Waals surface area contributed by atoms with Crippen LogP contribution in [-0.2, 0) is 0 Å². The standard InChI is InChI=1S/C8H12Cl2N6O/c1-16(2)8(17)12-4-3-11-6-5(9)14-15-7(10)13-6/h3-4H2,1-2H3,(H,12,17)(H,11,13,15). The summed E-state index contributed by atoms with van der Waals surface area (Å²) in [5.41, 5.74) is 0. The third-order valence-electron chi connectivity index (χ3n) is 1.72. The number of nitrogens with one attached hydrogen (secondary N) is 2. The van der Waals surface area contributed by atoms with Crippen LogP contribution in [0, 0.1) is 0 Å². The number of rotatable bonds is 4. The molecule has 0 radical (unpaired) electrons. The normalized spacial score (nSPS) is 9.88. The van der Waals surface area contributed by atoms with Crippen molar-refractivity contribution in [2.45, 2.75) is 0 Å². The molecule has 0 spiro atoms. The summed E-state index contributed by atoms with van der Waals surface area (Å²) in [6.45, 7) is 0.878. The molecule has 0 bridgehead atoms. The van der Waals surface area contributed by atoms with Gasteiger partial charge in [-0.1, -0.05) is 11.6 Å². The van der Waals surface area contributed by atoms with Gasteiger partial charge in [0.1, 0.15) is 0 Å². The second-order valence-electron chi connectivity index (χ2n) is 3.27. The van der Waals surface area contributed by atoms with Crippen LogP contribution in [0.25, 0.3) is 0 Å². The summed E-state index contributed by atoms with van der Waals surface area (Å²) in [5, 5.41) is 12.8. The Labute approximate surface area is 109 Å². The van der Waals surface area contributed by atoms with Crippen LogP contribution < -0.4 is 10.6 Å². The number of carbonyl (C=O) groups excluding carboxylic acids is 1. The number of hydrogen-bond donors (Lipinski definition) is 2. The summed E-state index contributed by atoms with van der Waals surface area (Å²) in [6, 6.07) is -0.170. The first-order valence-electron chi connectivity index (χ1n) is 4.75. The number of aromatic nitrogens is 3. The molecule has 0 saturated carbocycles. The molecule has 17 heavy (non-hydrogen) atoms. The fourth-order valence-corrected chi connectivity index (χ4v) is 1.18. The monoisotopic (exact) mass is 278 g/mol. The van der Waals surface area contributed by atoms with E-state index >= 15 is 0 Å². The summed E-state index contributed by atoms with van der Waals surface area (Å²) in [6.07, 6.45) is 0. The van der Waals surface area contributed by atoms with E-state index in [-0.39, 0.29) is 16.5 Å². The van der Waals surface area contributed by atoms with Crippen molar-refractivity contribution < 1.29 is 4.79 Å². The van der Waals surface area contributed by atoms with Crippen LogP contribution in [-0.4, -0.2) is 53.3 Å². The van der Waals surface area contributed by atoms with E-state index in [0.29, 0.717) is 18.9 Å². The molecule has 0 aliphatic rings. The third-order valence-corrected chi connectivity index (χ3v) is 2.13. The van der Waals surface area contributed by atoms with Gasteiger partial charge in [0, 0.05) is 27.2 Å². The quantitative estimate of drug-likeness (QED) is 0.799. The van der Waals surface area contributed by atoms with Gasteiger partial charge in [-0.2, -0.15) is 4.98 Å². The van der Waals surface area contributed by atoms with Crippen LogP contribution in [0.2, 0.25) is 10.4 Å². The van der Waals surface area contributed by atoms with E-state index in [1.54, 1.807) is 14.1 Å². The fourth-order valence-electron chi connectivity index (χ4n) is 0.914. The third kappa shape index (κ3) is 4.58. The van der Waals surface area contributed by atoms with Crippen molar-refractivity contribution in [1.82, 2.24) is 25.4 Å². The first-order chi connectivity index (χ1) is 8.00. The number of hydrogen-bond acceptors (Lipinski definition) is 5. The van der Waals surface area contributed by atoms with Crippen LogP contribution in [0.5, 0.6) is 0 Å². The minimum absolute atomic E-state index is 0.00854. The molecular weight excluding hydrogens is 267 g/mol. The Morgan fingerprint density at radius 3 is 2.65 bits per heavy atom. The van der Waals surface area contributed by atoms with Gasteiger partial charge in [-0.15, -0.1) is 10.2 Å². The van der Waals surface area contributed by atoms with Crippen molar-refractivity contribution in [3.05, 3.63) is 10.4 Å². The van der Waals surface area contributed by atoms with Crippen LogP contribution in [0.3, 0.4) is 0 Å². The number of amides is 2. The minimum atomic E-state index is -0.170. The first kappa shape index (κ1) is 13.7. The molecule has 9 heteroatoms. The molecule has 0 unspecified atom stereocenters. The molecule has 0 atom stereocenters. The molecule has 2 N–H and O–H groups in total. The highest BCUT2D eigenvalue weighted by Gasteiger charge is 2.05. The number of nitrogens with zero attached hydrogens (tertiary/aromatic N) is 4. The molecule has 1 aromatic heterocycles. The molecule has 2 amide bonds. The van der Waals surface area contributed by atoms with Crippen molar-refractivity contribution in [3.8, 4) is 0 Å². The predicted octanol–water partition coefficient (Wildman–Crippen LogP) is 0.861. The van der Waals surface area contributed by atoms with Gasteiger partial charge >= 0.3 is 6.03 Å². The van der Waals surface area contributed by atoms with Crippen LogP contribution in [0.4, 0.5) is 10.6 Å². The van der Waals surface area contributed by atoms with Crippen molar-refractivity contribution in [2.75, 3.05) is 32.5 Å². The average molecular weight is 279 g/mol. The van der Waals surface area contributed by atoms with Gasteiger partial charge in [-0.25, -0.2) is 4.79 Å². The SMILES string of the molecule is CN(C)C(=O)NCCNc1nc(Cl)nnc1Cl. The Morgan fingerprint density at radius 1 is 1.29 bits per heavy atom. The Balaban J connectivity index is 2.36. The highest BCUT2D eigenvalue weighted by molar-refractivity contribution is 6.32. The van der Waals surface area contributed by atoms with Crippen molar-refractivity contribution in [1.29, 1.82) is 0 Å². The van der Waals surface area contributed by atoms with Gasteiger partial charge in [0.25, 0.3) is 0 Å². The Bertz CT molecular complexity index is 400. The van der Waals surface area contributed by atoms with E-state index in [0.717, 1.165) is 0 Å². The number of halogens is 2. The van der Waals surface area contributed by atoms with Crippen molar-refractivity contribution in [2.24, 2.45) is 0 Å². The summed E-state index contributed by atoms with van der Waals surface area (Å²) < 4.78 is 0. The fraction of sp³-hybridized carbons (Fsp3) is 0.500. The Kier molecular flexibility index (Phi) is 5.17. The smallest absolute Gasteiger partial charge is 0.316 e. The van der Waals surface area contributed by atoms with Gasteiger partial charge in [0.2, 0.25) is 5.28 Å². The lowest BCUT2D eigenvalue weighted by Crippen LogP contribution is -2.37. The number of anilines is 1. The molecule has 1 rings (SSSR count). The first-order valence-corrected chi connectivity index (χ1v) is 5.51. The van der Waals surface area contributed by atoms with Crippen LogP contribution in [0.1, 0.15) is 0 Å². The van der Waals surface area contributed by atoms with E-state index in [2.05, 4.69) is 25.8 Å². The van der Waals surface area contributed by atoms with Crippen LogP contribution >= 0.6 is 23.2 Å². The van der Waals surface area contributed by atoms with E-state index in [1.807, 2.05) is 0 Å².